The lowest BCUT2D eigenvalue weighted by atomic mass is 10.2. The van der Waals surface area contributed by atoms with Crippen LogP contribution in [0.1, 0.15) is 16.1 Å². The van der Waals surface area contributed by atoms with Crippen LogP contribution in [0.15, 0.2) is 34.9 Å². The van der Waals surface area contributed by atoms with Gasteiger partial charge in [0.15, 0.2) is 11.5 Å². The van der Waals surface area contributed by atoms with Gasteiger partial charge in [0.25, 0.3) is 5.91 Å². The zero-order valence-corrected chi connectivity index (χ0v) is 15.8. The van der Waals surface area contributed by atoms with Gasteiger partial charge in [-0.2, -0.15) is 5.10 Å². The molecule has 26 heavy (non-hydrogen) atoms. The van der Waals surface area contributed by atoms with Gasteiger partial charge in [0.05, 0.1) is 6.54 Å². The minimum Gasteiger partial charge on any atom is -0.358 e. The molecule has 0 spiro atoms. The monoisotopic (exact) mass is 458 g/mol. The van der Waals surface area contributed by atoms with Gasteiger partial charge in [-0.15, -0.1) is 5.10 Å². The first-order valence-corrected chi connectivity index (χ1v) is 8.57. The van der Waals surface area contributed by atoms with E-state index in [0.717, 1.165) is 5.56 Å². The molecule has 0 bridgehead atoms. The summed E-state index contributed by atoms with van der Waals surface area (Å²) >= 11 is 14.9. The predicted molar refractivity (Wildman–Crippen MR) is 98.7 cm³/mol. The van der Waals surface area contributed by atoms with Crippen LogP contribution in [0, 0.1) is 10.1 Å². The Morgan fingerprint density at radius 1 is 1.35 bits per heavy atom. The highest BCUT2D eigenvalue weighted by Gasteiger charge is 2.25. The molecule has 3 rings (SSSR count). The Morgan fingerprint density at radius 3 is 2.65 bits per heavy atom. The average Bonchev–Trinajstić information content (AvgIpc) is 3.12. The molecule has 2 N–H and O–H groups in total. The van der Waals surface area contributed by atoms with E-state index < -0.39 is 16.6 Å². The van der Waals surface area contributed by atoms with Gasteiger partial charge in [-0.25, -0.2) is 0 Å². The minimum atomic E-state index is -0.695. The van der Waals surface area contributed by atoms with Crippen LogP contribution in [0.5, 0.6) is 0 Å². The number of H-pyrrole nitrogens is 1. The number of carbonyl (C=O) groups excluding carboxylic acids is 1. The van der Waals surface area contributed by atoms with Crippen molar-refractivity contribution in [3.05, 3.63) is 66.4 Å². The summed E-state index contributed by atoms with van der Waals surface area (Å²) in [6, 6.07) is 7.20. The van der Waals surface area contributed by atoms with Crippen LogP contribution < -0.4 is 5.32 Å². The van der Waals surface area contributed by atoms with E-state index in [0.29, 0.717) is 11.6 Å². The van der Waals surface area contributed by atoms with Crippen molar-refractivity contribution in [1.29, 1.82) is 0 Å². The van der Waals surface area contributed by atoms with E-state index >= 15 is 0 Å². The summed E-state index contributed by atoms with van der Waals surface area (Å²) in [5.74, 6) is -1.00. The number of nitrogens with zero attached hydrogens (tertiary/aromatic N) is 4. The van der Waals surface area contributed by atoms with Crippen molar-refractivity contribution in [2.45, 2.75) is 6.54 Å². The van der Waals surface area contributed by atoms with Crippen LogP contribution in [0.3, 0.4) is 0 Å². The maximum Gasteiger partial charge on any atom is 0.357 e. The molecule has 0 unspecified atom stereocenters. The third-order valence-corrected chi connectivity index (χ3v) is 4.57. The molecule has 12 heteroatoms. The number of hydrogen-bond donors (Lipinski definition) is 2. The summed E-state index contributed by atoms with van der Waals surface area (Å²) in [5, 5.41) is 24.1. The highest BCUT2D eigenvalue weighted by atomic mass is 79.9. The molecule has 3 aromatic rings. The highest BCUT2D eigenvalue weighted by Crippen LogP contribution is 2.27. The third kappa shape index (κ3) is 3.87. The molecule has 0 aliphatic carbocycles. The van der Waals surface area contributed by atoms with Gasteiger partial charge in [-0.3, -0.25) is 9.48 Å². The molecule has 0 atom stereocenters. The molecule has 1 aromatic carbocycles. The number of aromatic amines is 1. The fraction of sp³-hybridized carbons (Fsp3) is 0.0714. The second kappa shape index (κ2) is 7.44. The summed E-state index contributed by atoms with van der Waals surface area (Å²) in [7, 11) is 0. The number of halogens is 3. The molecule has 0 saturated carbocycles. The molecule has 0 saturated heterocycles. The number of anilines is 1. The number of rotatable bonds is 5. The fourth-order valence-electron chi connectivity index (χ4n) is 2.10. The van der Waals surface area contributed by atoms with E-state index in [1.807, 2.05) is 12.1 Å². The van der Waals surface area contributed by atoms with Crippen molar-refractivity contribution in [3.63, 3.8) is 0 Å². The lowest BCUT2D eigenvalue weighted by molar-refractivity contribution is -0.390. The van der Waals surface area contributed by atoms with Gasteiger partial charge < -0.3 is 15.4 Å². The second-order valence-electron chi connectivity index (χ2n) is 5.10. The Morgan fingerprint density at radius 2 is 2.04 bits per heavy atom. The van der Waals surface area contributed by atoms with Crippen LogP contribution in [-0.4, -0.2) is 30.8 Å². The van der Waals surface area contributed by atoms with Crippen molar-refractivity contribution < 1.29 is 9.72 Å². The first-order valence-electron chi connectivity index (χ1n) is 7.02. The number of nitro groups is 1. The topological polar surface area (TPSA) is 119 Å². The quantitative estimate of drug-likeness (QED) is 0.443. The molecule has 0 aliphatic rings. The zero-order chi connectivity index (χ0) is 18.8. The molecule has 134 valence electrons. The van der Waals surface area contributed by atoms with Crippen LogP contribution in [-0.2, 0) is 6.54 Å². The number of benzene rings is 1. The molecular weight excluding hydrogens is 451 g/mol. The van der Waals surface area contributed by atoms with E-state index in [1.54, 1.807) is 23.0 Å². The minimum absolute atomic E-state index is 0.0586. The Labute approximate surface area is 164 Å². The Bertz CT molecular complexity index is 985. The van der Waals surface area contributed by atoms with E-state index in [-0.39, 0.29) is 21.0 Å². The van der Waals surface area contributed by atoms with Gasteiger partial charge in [0.1, 0.15) is 9.50 Å². The number of hydrogen-bond acceptors (Lipinski definition) is 5. The number of nitrogens with one attached hydrogen (secondary N) is 2. The lowest BCUT2D eigenvalue weighted by Gasteiger charge is -2.02. The van der Waals surface area contributed by atoms with Gasteiger partial charge >= 0.3 is 5.82 Å². The maximum atomic E-state index is 12.3. The molecule has 0 radical (unpaired) electrons. The zero-order valence-electron chi connectivity index (χ0n) is 12.7. The number of aromatic nitrogens is 4. The molecule has 9 nitrogen and oxygen atoms in total. The number of amides is 1. The second-order valence-corrected chi connectivity index (χ2v) is 6.73. The van der Waals surface area contributed by atoms with E-state index in [9.17, 15) is 14.9 Å². The molecule has 1 amide bonds. The molecular formula is C14H9BrCl2N6O3. The molecule has 0 aliphatic heterocycles. The molecule has 2 aromatic heterocycles. The lowest BCUT2D eigenvalue weighted by Crippen LogP contribution is -2.14. The smallest absolute Gasteiger partial charge is 0.357 e. The fourth-order valence-corrected chi connectivity index (χ4v) is 2.92. The normalized spacial score (nSPS) is 10.7. The van der Waals surface area contributed by atoms with Crippen molar-refractivity contribution >= 4 is 56.7 Å². The molecule has 0 fully saturated rings. The number of carbonyl (C=O) groups is 1. The average molecular weight is 460 g/mol. The largest absolute Gasteiger partial charge is 0.358 e. The van der Waals surface area contributed by atoms with E-state index in [4.69, 9.17) is 23.2 Å². The Balaban J connectivity index is 1.76. The van der Waals surface area contributed by atoms with Gasteiger partial charge in [-0.05, 0) is 38.5 Å². The van der Waals surface area contributed by atoms with Crippen LogP contribution in [0.25, 0.3) is 0 Å². The standard InChI is InChI=1S/C14H9BrCl2N6O3/c15-10-11(19-20-13(10)23(25)26)14(24)18-12-9(17)6-22(21-12)5-7-1-3-8(16)4-2-7/h1-4,6H,5H2,(H,19,20)(H,18,21,24). The Hall–Kier alpha value is -2.43. The summed E-state index contributed by atoms with van der Waals surface area (Å²) in [6.45, 7) is 0.421. The summed E-state index contributed by atoms with van der Waals surface area (Å²) in [5.41, 5.74) is 0.761. The van der Waals surface area contributed by atoms with E-state index in [2.05, 4.69) is 36.5 Å². The summed E-state index contributed by atoms with van der Waals surface area (Å²) in [4.78, 5) is 22.4. The summed E-state index contributed by atoms with van der Waals surface area (Å²) < 4.78 is 1.49. The van der Waals surface area contributed by atoms with Crippen molar-refractivity contribution in [2.75, 3.05) is 5.32 Å². The predicted octanol–water partition coefficient (Wildman–Crippen LogP) is 3.88. The van der Waals surface area contributed by atoms with E-state index in [1.165, 1.54) is 0 Å². The van der Waals surface area contributed by atoms with Crippen molar-refractivity contribution in [1.82, 2.24) is 20.0 Å². The van der Waals surface area contributed by atoms with Crippen molar-refractivity contribution in [2.24, 2.45) is 0 Å². The first-order chi connectivity index (χ1) is 12.3. The van der Waals surface area contributed by atoms with Crippen LogP contribution in [0.4, 0.5) is 11.6 Å². The Kier molecular flexibility index (Phi) is 5.25. The van der Waals surface area contributed by atoms with Gasteiger partial charge in [0, 0.05) is 11.2 Å². The van der Waals surface area contributed by atoms with Gasteiger partial charge in [-0.1, -0.05) is 40.4 Å². The van der Waals surface area contributed by atoms with Crippen LogP contribution in [0.2, 0.25) is 10.0 Å². The maximum absolute atomic E-state index is 12.3. The van der Waals surface area contributed by atoms with Gasteiger partial charge in [0.2, 0.25) is 0 Å². The van der Waals surface area contributed by atoms with Crippen LogP contribution >= 0.6 is 39.1 Å². The third-order valence-electron chi connectivity index (χ3n) is 3.29. The molecule has 2 heterocycles. The highest BCUT2D eigenvalue weighted by molar-refractivity contribution is 9.10. The SMILES string of the molecule is O=C(Nc1nn(Cc2ccc(Cl)cc2)cc1Cl)c1n[nH]c([N+](=O)[O-])c1Br. The first kappa shape index (κ1) is 18.4. The summed E-state index contributed by atoms with van der Waals surface area (Å²) in [6.07, 6.45) is 1.55. The van der Waals surface area contributed by atoms with Crippen molar-refractivity contribution in [3.8, 4) is 0 Å².